The second-order valence-corrected chi connectivity index (χ2v) is 5.88. The third-order valence-electron chi connectivity index (χ3n) is 3.67. The van der Waals surface area contributed by atoms with Gasteiger partial charge < -0.3 is 10.1 Å². The van der Waals surface area contributed by atoms with Crippen LogP contribution < -0.4 is 5.32 Å². The molecule has 0 saturated carbocycles. The molecule has 130 valence electrons. The summed E-state index contributed by atoms with van der Waals surface area (Å²) in [5.74, 6) is -2.15. The van der Waals surface area contributed by atoms with E-state index in [0.717, 1.165) is 6.07 Å². The summed E-state index contributed by atoms with van der Waals surface area (Å²) in [4.78, 5) is 24.2. The molecule has 0 aromatic heterocycles. The second kappa shape index (κ2) is 6.67. The molecule has 1 aliphatic heterocycles. The predicted octanol–water partition coefficient (Wildman–Crippen LogP) is 3.53. The van der Waals surface area contributed by atoms with Crippen molar-refractivity contribution >= 4 is 11.9 Å². The molecule has 24 heavy (non-hydrogen) atoms. The highest BCUT2D eigenvalue weighted by Gasteiger charge is 2.40. The average molecular weight is 341 g/mol. The normalized spacial score (nSPS) is 18.6. The maximum absolute atomic E-state index is 13.3. The fourth-order valence-electron chi connectivity index (χ4n) is 2.77. The van der Waals surface area contributed by atoms with Crippen molar-refractivity contribution in [1.82, 2.24) is 5.32 Å². The van der Waals surface area contributed by atoms with Crippen LogP contribution >= 0.6 is 0 Å². The lowest BCUT2D eigenvalue weighted by atomic mass is 9.82. The van der Waals surface area contributed by atoms with Crippen LogP contribution in [0.5, 0.6) is 0 Å². The van der Waals surface area contributed by atoms with E-state index in [9.17, 15) is 22.8 Å². The molecule has 1 aliphatic rings. The Bertz CT molecular complexity index is 693. The average Bonchev–Trinajstić information content (AvgIpc) is 2.44. The molecular weight excluding hydrogens is 323 g/mol. The quantitative estimate of drug-likeness (QED) is 0.856. The Kier molecular flexibility index (Phi) is 5.01. The Morgan fingerprint density at radius 2 is 1.92 bits per heavy atom. The van der Waals surface area contributed by atoms with Crippen LogP contribution in [0.4, 0.5) is 13.2 Å². The Hall–Kier alpha value is -2.31. The topological polar surface area (TPSA) is 55.4 Å². The molecule has 0 spiro atoms. The van der Waals surface area contributed by atoms with E-state index in [4.69, 9.17) is 4.74 Å². The third kappa shape index (κ3) is 3.77. The molecule has 1 aromatic rings. The molecule has 1 heterocycles. The summed E-state index contributed by atoms with van der Waals surface area (Å²) in [6, 6.07) is 4.97. The van der Waals surface area contributed by atoms with Crippen molar-refractivity contribution in [3.63, 3.8) is 0 Å². The number of halogens is 3. The minimum absolute atomic E-state index is 0.0556. The highest BCUT2D eigenvalue weighted by atomic mass is 19.4. The van der Waals surface area contributed by atoms with Gasteiger partial charge in [0.1, 0.15) is 0 Å². The van der Waals surface area contributed by atoms with E-state index in [-0.39, 0.29) is 23.3 Å². The minimum Gasteiger partial charge on any atom is -0.460 e. The number of allylic oxidation sites excluding steroid dienone is 1. The lowest BCUT2D eigenvalue weighted by molar-refractivity contribution is -0.144. The molecule has 0 unspecified atom stereocenters. The summed E-state index contributed by atoms with van der Waals surface area (Å²) in [5, 5.41) is 2.50. The molecule has 0 fully saturated rings. The summed E-state index contributed by atoms with van der Waals surface area (Å²) < 4.78 is 45.1. The van der Waals surface area contributed by atoms with Crippen LogP contribution in [0.15, 0.2) is 35.5 Å². The highest BCUT2D eigenvalue weighted by Crippen LogP contribution is 2.41. The number of nitrogens with one attached hydrogen (secondary N) is 1. The second-order valence-electron chi connectivity index (χ2n) is 5.88. The predicted molar refractivity (Wildman–Crippen MR) is 80.9 cm³/mol. The first kappa shape index (κ1) is 18.0. The molecule has 1 atom stereocenters. The molecule has 1 aromatic carbocycles. The minimum atomic E-state index is -4.58. The standard InChI is InChI=1S/C17H18F3NO3/c1-9(2)24-16(23)15-10(3)21-14(22)8-12(15)11-6-4-5-7-13(11)17(18,19)20/h4-7,9,12H,8H2,1-3H3,(H,21,22)/t12-/m1/s1. The van der Waals surface area contributed by atoms with Gasteiger partial charge in [-0.3, -0.25) is 4.79 Å². The van der Waals surface area contributed by atoms with E-state index in [1.807, 2.05) is 0 Å². The van der Waals surface area contributed by atoms with Gasteiger partial charge in [0.2, 0.25) is 5.91 Å². The molecule has 1 amide bonds. The van der Waals surface area contributed by atoms with Crippen LogP contribution in [-0.4, -0.2) is 18.0 Å². The number of ether oxygens (including phenoxy) is 1. The number of carbonyl (C=O) groups is 2. The molecule has 0 radical (unpaired) electrons. The van der Waals surface area contributed by atoms with Gasteiger partial charge in [0.25, 0.3) is 0 Å². The summed E-state index contributed by atoms with van der Waals surface area (Å²) in [6.45, 7) is 4.78. The molecule has 0 saturated heterocycles. The lowest BCUT2D eigenvalue weighted by Crippen LogP contribution is -2.35. The summed E-state index contributed by atoms with van der Waals surface area (Å²) in [5.41, 5.74) is -0.680. The Labute approximate surface area is 137 Å². The molecule has 0 bridgehead atoms. The van der Waals surface area contributed by atoms with E-state index < -0.39 is 35.6 Å². The van der Waals surface area contributed by atoms with E-state index in [1.165, 1.54) is 25.1 Å². The zero-order valence-corrected chi connectivity index (χ0v) is 13.5. The highest BCUT2D eigenvalue weighted by molar-refractivity contribution is 5.96. The van der Waals surface area contributed by atoms with Gasteiger partial charge in [0, 0.05) is 18.0 Å². The summed E-state index contributed by atoms with van der Waals surface area (Å²) in [6.07, 6.45) is -5.24. The first-order valence-corrected chi connectivity index (χ1v) is 7.49. The number of hydrogen-bond donors (Lipinski definition) is 1. The Morgan fingerprint density at radius 3 is 2.50 bits per heavy atom. The van der Waals surface area contributed by atoms with Crippen LogP contribution in [0.1, 0.15) is 44.2 Å². The lowest BCUT2D eigenvalue weighted by Gasteiger charge is -2.28. The first-order valence-electron chi connectivity index (χ1n) is 7.49. The van der Waals surface area contributed by atoms with Crippen LogP contribution in [0.3, 0.4) is 0 Å². The van der Waals surface area contributed by atoms with Crippen molar-refractivity contribution in [3.05, 3.63) is 46.7 Å². The fourth-order valence-corrected chi connectivity index (χ4v) is 2.77. The zero-order chi connectivity index (χ0) is 18.1. The summed E-state index contributed by atoms with van der Waals surface area (Å²) in [7, 11) is 0. The molecular formula is C17H18F3NO3. The van der Waals surface area contributed by atoms with Gasteiger partial charge in [0.15, 0.2) is 0 Å². The molecule has 2 rings (SSSR count). The van der Waals surface area contributed by atoms with Crippen LogP contribution in [0.2, 0.25) is 0 Å². The maximum atomic E-state index is 13.3. The van der Waals surface area contributed by atoms with Crippen molar-refractivity contribution in [2.75, 3.05) is 0 Å². The fraction of sp³-hybridized carbons (Fsp3) is 0.412. The van der Waals surface area contributed by atoms with Gasteiger partial charge in [-0.05, 0) is 32.4 Å². The van der Waals surface area contributed by atoms with Crippen LogP contribution in [0, 0.1) is 0 Å². The Balaban J connectivity index is 2.56. The zero-order valence-electron chi connectivity index (χ0n) is 13.5. The van der Waals surface area contributed by atoms with Crippen molar-refractivity contribution in [2.24, 2.45) is 0 Å². The third-order valence-corrected chi connectivity index (χ3v) is 3.67. The number of benzene rings is 1. The number of alkyl halides is 3. The first-order chi connectivity index (χ1) is 11.1. The van der Waals surface area contributed by atoms with Crippen molar-refractivity contribution < 1.29 is 27.5 Å². The number of amides is 1. The summed E-state index contributed by atoms with van der Waals surface area (Å²) >= 11 is 0. The number of hydrogen-bond acceptors (Lipinski definition) is 3. The van der Waals surface area contributed by atoms with Crippen molar-refractivity contribution in [1.29, 1.82) is 0 Å². The SMILES string of the molecule is CC1=C(C(=O)OC(C)C)[C@@H](c2ccccc2C(F)(F)F)CC(=O)N1. The number of esters is 1. The van der Waals surface area contributed by atoms with E-state index >= 15 is 0 Å². The van der Waals surface area contributed by atoms with E-state index in [0.29, 0.717) is 0 Å². The van der Waals surface area contributed by atoms with Gasteiger partial charge in [-0.1, -0.05) is 18.2 Å². The molecule has 0 aliphatic carbocycles. The van der Waals surface area contributed by atoms with Crippen LogP contribution in [-0.2, 0) is 20.5 Å². The van der Waals surface area contributed by atoms with Crippen molar-refractivity contribution in [3.8, 4) is 0 Å². The Morgan fingerprint density at radius 1 is 1.29 bits per heavy atom. The maximum Gasteiger partial charge on any atom is 0.416 e. The van der Waals surface area contributed by atoms with Crippen molar-refractivity contribution in [2.45, 2.75) is 45.4 Å². The van der Waals surface area contributed by atoms with Gasteiger partial charge >= 0.3 is 12.1 Å². The van der Waals surface area contributed by atoms with Gasteiger partial charge in [-0.15, -0.1) is 0 Å². The van der Waals surface area contributed by atoms with Gasteiger partial charge in [-0.2, -0.15) is 13.2 Å². The smallest absolute Gasteiger partial charge is 0.416 e. The molecule has 7 heteroatoms. The number of rotatable bonds is 3. The largest absolute Gasteiger partial charge is 0.460 e. The molecule has 4 nitrogen and oxygen atoms in total. The van der Waals surface area contributed by atoms with E-state index in [1.54, 1.807) is 13.8 Å². The van der Waals surface area contributed by atoms with Gasteiger partial charge in [0.05, 0.1) is 17.2 Å². The van der Waals surface area contributed by atoms with Gasteiger partial charge in [-0.25, -0.2) is 4.79 Å². The monoisotopic (exact) mass is 341 g/mol. The van der Waals surface area contributed by atoms with E-state index in [2.05, 4.69) is 5.32 Å². The van der Waals surface area contributed by atoms with Crippen LogP contribution in [0.25, 0.3) is 0 Å². The number of carbonyl (C=O) groups excluding carboxylic acids is 2. The molecule has 1 N–H and O–H groups in total.